The number of esters is 3. The van der Waals surface area contributed by atoms with E-state index in [0.29, 0.717) is 10.0 Å². The zero-order valence-corrected chi connectivity index (χ0v) is 27.6. The van der Waals surface area contributed by atoms with E-state index in [2.05, 4.69) is 0 Å². The van der Waals surface area contributed by atoms with Crippen LogP contribution >= 0.6 is 0 Å². The number of carbonyl (C=O) groups is 7. The fraction of sp³-hybridized carbons (Fsp3) is 0.364. The molecule has 2 atom stereocenters. The minimum absolute atomic E-state index is 0.220. The van der Waals surface area contributed by atoms with E-state index in [-0.39, 0.29) is 11.1 Å². The molecule has 0 bridgehead atoms. The summed E-state index contributed by atoms with van der Waals surface area (Å²) in [6.45, 7) is 8.07. The average Bonchev–Trinajstić information content (AvgIpc) is 2.97. The number of alkyl halides is 3. The van der Waals surface area contributed by atoms with Gasteiger partial charge < -0.3 is 19.1 Å². The molecule has 0 fully saturated rings. The lowest BCUT2D eigenvalue weighted by atomic mass is 9.96. The molecule has 0 saturated carbocycles. The number of carbonyl (C=O) groups excluding carboxylic acids is 7. The molecule has 0 N–H and O–H groups in total. The van der Waals surface area contributed by atoms with Crippen molar-refractivity contribution in [3.63, 3.8) is 0 Å². The van der Waals surface area contributed by atoms with Crippen molar-refractivity contribution in [1.82, 2.24) is 14.9 Å². The van der Waals surface area contributed by atoms with Crippen LogP contribution in [0.5, 0.6) is 17.2 Å². The number of hydrogen-bond donors (Lipinski definition) is 0. The van der Waals surface area contributed by atoms with Gasteiger partial charge in [-0.05, 0) is 23.6 Å². The molecular formula is C33H34F3N3O10. The molecule has 1 aliphatic rings. The van der Waals surface area contributed by atoms with E-state index < -0.39 is 95.0 Å². The van der Waals surface area contributed by atoms with Crippen LogP contribution in [0.1, 0.15) is 59.6 Å². The van der Waals surface area contributed by atoms with Gasteiger partial charge in [0.25, 0.3) is 11.7 Å². The molecule has 16 heteroatoms. The molecule has 3 amide bonds. The van der Waals surface area contributed by atoms with E-state index in [4.69, 9.17) is 14.2 Å². The molecule has 3 rings (SSSR count). The summed E-state index contributed by atoms with van der Waals surface area (Å²) < 4.78 is 58.1. The monoisotopic (exact) mass is 689 g/mol. The highest BCUT2D eigenvalue weighted by atomic mass is 19.4. The van der Waals surface area contributed by atoms with Crippen molar-refractivity contribution < 1.29 is 60.9 Å². The molecule has 1 heterocycles. The summed E-state index contributed by atoms with van der Waals surface area (Å²) in [6, 6.07) is 5.81. The maximum atomic E-state index is 14.4. The van der Waals surface area contributed by atoms with Gasteiger partial charge in [0.15, 0.2) is 11.5 Å². The zero-order chi connectivity index (χ0) is 37.0. The molecule has 1 aliphatic heterocycles. The Balaban J connectivity index is 2.48. The van der Waals surface area contributed by atoms with Gasteiger partial charge in [-0.25, -0.2) is 10.0 Å². The molecule has 0 aromatic heterocycles. The first-order valence-electron chi connectivity index (χ1n) is 14.8. The molecule has 0 aliphatic carbocycles. The average molecular weight is 690 g/mol. The Morgan fingerprint density at radius 1 is 0.837 bits per heavy atom. The number of Topliss-reactive ketones (excluding diaryl/α,β-unsaturated/α-hetero) is 1. The van der Waals surface area contributed by atoms with Crippen molar-refractivity contribution in [1.29, 1.82) is 0 Å². The second-order valence-corrected chi connectivity index (χ2v) is 11.3. The van der Waals surface area contributed by atoms with Gasteiger partial charge in [0.1, 0.15) is 12.1 Å². The van der Waals surface area contributed by atoms with Crippen LogP contribution in [0.4, 0.5) is 13.2 Å². The van der Waals surface area contributed by atoms with Crippen LogP contribution in [-0.2, 0) is 40.0 Å². The van der Waals surface area contributed by atoms with Crippen molar-refractivity contribution in [3.05, 3.63) is 59.8 Å². The van der Waals surface area contributed by atoms with Gasteiger partial charge >= 0.3 is 24.1 Å². The number of amides is 3. The largest absolute Gasteiger partial charge is 0.452 e. The summed E-state index contributed by atoms with van der Waals surface area (Å²) in [6.07, 6.45) is -5.07. The van der Waals surface area contributed by atoms with Crippen molar-refractivity contribution in [3.8, 4) is 17.2 Å². The Kier molecular flexibility index (Phi) is 11.7. The van der Waals surface area contributed by atoms with E-state index in [1.54, 1.807) is 19.9 Å². The number of benzene rings is 2. The molecular weight excluding hydrogens is 655 g/mol. The van der Waals surface area contributed by atoms with E-state index in [1.807, 2.05) is 0 Å². The maximum absolute atomic E-state index is 14.4. The van der Waals surface area contributed by atoms with Crippen LogP contribution in [0.25, 0.3) is 5.70 Å². The third-order valence-electron chi connectivity index (χ3n) is 7.00. The third-order valence-corrected chi connectivity index (χ3v) is 7.00. The Labute approximate surface area is 279 Å². The SMILES string of the molecule is CC(=O)Oc1cc(C2=CN(C(C)=O)C(C(C)C)C(=O)N2N(C(C)=O)C(Cc2ccccc2)C(=O)C(F)(F)F)cc(OC(C)=O)c1OC(C)=O. The van der Waals surface area contributed by atoms with Gasteiger partial charge in [-0.2, -0.15) is 13.2 Å². The second kappa shape index (κ2) is 15.1. The standard InChI is InChI=1S/C33H34F3N3O10/c1-17(2)29-32(46)39(38(19(4)41)25(31(45)33(34,35)36)13-23-11-9-8-10-12-23)26(16-37(29)18(3)40)24-14-27(47-20(5)42)30(49-22(7)44)28(15-24)48-21(6)43/h8-12,14-17,25,29H,13H2,1-7H3. The Morgan fingerprint density at radius 2 is 1.35 bits per heavy atom. The van der Waals surface area contributed by atoms with Gasteiger partial charge in [0, 0.05) is 52.8 Å². The molecule has 13 nitrogen and oxygen atoms in total. The van der Waals surface area contributed by atoms with Gasteiger partial charge in [0.2, 0.25) is 17.6 Å². The minimum Gasteiger partial charge on any atom is -0.423 e. The van der Waals surface area contributed by atoms with Gasteiger partial charge in [-0.1, -0.05) is 44.2 Å². The molecule has 262 valence electrons. The lowest BCUT2D eigenvalue weighted by Crippen LogP contribution is -2.64. The predicted octanol–water partition coefficient (Wildman–Crippen LogP) is 3.98. The quantitative estimate of drug-likeness (QED) is 0.264. The summed E-state index contributed by atoms with van der Waals surface area (Å²) in [7, 11) is 0. The van der Waals surface area contributed by atoms with Crippen molar-refractivity contribution >= 4 is 47.1 Å². The fourth-order valence-electron chi connectivity index (χ4n) is 5.19. The highest BCUT2D eigenvalue weighted by Crippen LogP contribution is 2.43. The van der Waals surface area contributed by atoms with Crippen LogP contribution in [0.2, 0.25) is 0 Å². The Hall–Kier alpha value is -5.54. The van der Waals surface area contributed by atoms with Crippen molar-refractivity contribution in [2.45, 2.75) is 73.1 Å². The summed E-state index contributed by atoms with van der Waals surface area (Å²) in [4.78, 5) is 90.9. The minimum atomic E-state index is -5.46. The fourth-order valence-corrected chi connectivity index (χ4v) is 5.19. The van der Waals surface area contributed by atoms with Crippen molar-refractivity contribution in [2.75, 3.05) is 0 Å². The summed E-state index contributed by atoms with van der Waals surface area (Å²) in [5, 5.41) is 0.917. The molecule has 49 heavy (non-hydrogen) atoms. The number of hydrogen-bond acceptors (Lipinski definition) is 10. The third kappa shape index (κ3) is 8.88. The number of ether oxygens (including phenoxy) is 3. The lowest BCUT2D eigenvalue weighted by molar-refractivity contribution is -0.187. The van der Waals surface area contributed by atoms with Crippen LogP contribution < -0.4 is 14.2 Å². The second-order valence-electron chi connectivity index (χ2n) is 11.3. The van der Waals surface area contributed by atoms with Gasteiger partial charge in [-0.3, -0.25) is 33.6 Å². The number of hydrazine groups is 1. The number of ketones is 1. The molecule has 2 unspecified atom stereocenters. The summed E-state index contributed by atoms with van der Waals surface area (Å²) in [5.41, 5.74) is -0.511. The van der Waals surface area contributed by atoms with Gasteiger partial charge in [0.05, 0.1) is 5.70 Å². The van der Waals surface area contributed by atoms with E-state index in [1.165, 1.54) is 24.3 Å². The van der Waals surface area contributed by atoms with Crippen LogP contribution in [0, 0.1) is 5.92 Å². The lowest BCUT2D eigenvalue weighted by Gasteiger charge is -2.46. The van der Waals surface area contributed by atoms with Crippen LogP contribution in [0.15, 0.2) is 48.7 Å². The zero-order valence-electron chi connectivity index (χ0n) is 27.6. The Bertz CT molecular complexity index is 1670. The Morgan fingerprint density at radius 3 is 1.76 bits per heavy atom. The molecule has 0 saturated heterocycles. The molecule has 0 spiro atoms. The van der Waals surface area contributed by atoms with E-state index in [9.17, 15) is 46.7 Å². The highest BCUT2D eigenvalue weighted by molar-refractivity contribution is 6.00. The predicted molar refractivity (Wildman–Crippen MR) is 164 cm³/mol. The number of halogens is 3. The van der Waals surface area contributed by atoms with Gasteiger partial charge in [-0.15, -0.1) is 0 Å². The first-order valence-corrected chi connectivity index (χ1v) is 14.8. The summed E-state index contributed by atoms with van der Waals surface area (Å²) in [5.74, 6) is -10.4. The molecule has 2 aromatic rings. The summed E-state index contributed by atoms with van der Waals surface area (Å²) >= 11 is 0. The number of rotatable bonds is 10. The highest BCUT2D eigenvalue weighted by Gasteiger charge is 2.51. The smallest absolute Gasteiger partial charge is 0.423 e. The molecule has 0 radical (unpaired) electrons. The van der Waals surface area contributed by atoms with Crippen LogP contribution in [0.3, 0.4) is 0 Å². The topological polar surface area (TPSA) is 157 Å². The first-order chi connectivity index (χ1) is 22.7. The number of nitrogens with zero attached hydrogens (tertiary/aromatic N) is 3. The first kappa shape index (κ1) is 37.9. The molecule has 2 aromatic carbocycles. The van der Waals surface area contributed by atoms with Crippen molar-refractivity contribution in [2.24, 2.45) is 5.92 Å². The van der Waals surface area contributed by atoms with E-state index in [0.717, 1.165) is 57.9 Å². The maximum Gasteiger partial charge on any atom is 0.452 e. The van der Waals surface area contributed by atoms with E-state index >= 15 is 0 Å². The normalized spacial score (nSPS) is 15.3. The van der Waals surface area contributed by atoms with Crippen LogP contribution in [-0.4, -0.2) is 74.6 Å².